The van der Waals surface area contributed by atoms with Gasteiger partial charge in [-0.3, -0.25) is 4.90 Å². The molecule has 0 saturated heterocycles. The summed E-state index contributed by atoms with van der Waals surface area (Å²) in [6.07, 6.45) is 2.49. The molecule has 0 amide bonds. The number of rotatable bonds is 3. The number of nitrogens with two attached hydrogens (primary N) is 1. The minimum absolute atomic E-state index is 0.232. The van der Waals surface area contributed by atoms with Crippen LogP contribution in [0.1, 0.15) is 43.0 Å². The highest BCUT2D eigenvalue weighted by molar-refractivity contribution is 5.37. The molecule has 92 valence electrons. The van der Waals surface area contributed by atoms with Gasteiger partial charge < -0.3 is 5.73 Å². The third kappa shape index (κ3) is 2.00. The molecule has 2 N–H and O–H groups in total. The van der Waals surface area contributed by atoms with Crippen molar-refractivity contribution >= 4 is 0 Å². The van der Waals surface area contributed by atoms with Gasteiger partial charge in [0.2, 0.25) is 0 Å². The molecule has 3 rings (SSSR count). The SMILES string of the molecule is CC1CC1CN(C)C1CC(N)c2ccccc21. The average molecular weight is 230 g/mol. The van der Waals surface area contributed by atoms with Crippen LogP contribution in [-0.4, -0.2) is 18.5 Å². The lowest BCUT2D eigenvalue weighted by Gasteiger charge is -2.25. The Balaban J connectivity index is 1.76. The highest BCUT2D eigenvalue weighted by Gasteiger charge is 2.37. The van der Waals surface area contributed by atoms with Crippen molar-refractivity contribution in [3.8, 4) is 0 Å². The largest absolute Gasteiger partial charge is 0.324 e. The molecule has 2 aliphatic carbocycles. The van der Waals surface area contributed by atoms with Crippen molar-refractivity contribution in [2.24, 2.45) is 17.6 Å². The fourth-order valence-electron chi connectivity index (χ4n) is 3.21. The first-order chi connectivity index (χ1) is 8.16. The lowest BCUT2D eigenvalue weighted by atomic mass is 10.1. The molecular formula is C15H22N2. The van der Waals surface area contributed by atoms with Crippen LogP contribution in [0.4, 0.5) is 0 Å². The fourth-order valence-corrected chi connectivity index (χ4v) is 3.21. The van der Waals surface area contributed by atoms with Gasteiger partial charge in [-0.15, -0.1) is 0 Å². The Morgan fingerprint density at radius 1 is 1.24 bits per heavy atom. The van der Waals surface area contributed by atoms with E-state index in [9.17, 15) is 0 Å². The van der Waals surface area contributed by atoms with Crippen LogP contribution in [0.15, 0.2) is 24.3 Å². The van der Waals surface area contributed by atoms with Crippen LogP contribution in [0.25, 0.3) is 0 Å². The van der Waals surface area contributed by atoms with Crippen molar-refractivity contribution in [3.05, 3.63) is 35.4 Å². The van der Waals surface area contributed by atoms with Gasteiger partial charge >= 0.3 is 0 Å². The topological polar surface area (TPSA) is 29.3 Å². The number of hydrogen-bond donors (Lipinski definition) is 1. The third-order valence-electron chi connectivity index (χ3n) is 4.56. The quantitative estimate of drug-likeness (QED) is 0.865. The zero-order valence-electron chi connectivity index (χ0n) is 10.8. The molecule has 0 bridgehead atoms. The lowest BCUT2D eigenvalue weighted by Crippen LogP contribution is -2.26. The molecular weight excluding hydrogens is 208 g/mol. The minimum atomic E-state index is 0.232. The Hall–Kier alpha value is -0.860. The summed E-state index contributed by atoms with van der Waals surface area (Å²) in [6, 6.07) is 9.44. The van der Waals surface area contributed by atoms with Gasteiger partial charge in [-0.25, -0.2) is 0 Å². The number of fused-ring (bicyclic) bond motifs is 1. The summed E-state index contributed by atoms with van der Waals surface area (Å²) in [5.74, 6) is 1.85. The molecule has 4 unspecified atom stereocenters. The summed E-state index contributed by atoms with van der Waals surface area (Å²) in [4.78, 5) is 2.51. The number of benzene rings is 1. The van der Waals surface area contributed by atoms with E-state index in [-0.39, 0.29) is 6.04 Å². The third-order valence-corrected chi connectivity index (χ3v) is 4.56. The predicted molar refractivity (Wildman–Crippen MR) is 70.6 cm³/mol. The Bertz CT molecular complexity index is 415. The summed E-state index contributed by atoms with van der Waals surface area (Å²) in [6.45, 7) is 3.58. The van der Waals surface area contributed by atoms with E-state index in [1.807, 2.05) is 0 Å². The maximum Gasteiger partial charge on any atom is 0.0366 e. The van der Waals surface area contributed by atoms with Crippen LogP contribution in [-0.2, 0) is 0 Å². The molecule has 1 saturated carbocycles. The van der Waals surface area contributed by atoms with Crippen LogP contribution >= 0.6 is 0 Å². The maximum absolute atomic E-state index is 6.22. The zero-order chi connectivity index (χ0) is 12.0. The molecule has 0 aromatic heterocycles. The summed E-state index contributed by atoms with van der Waals surface area (Å²) in [7, 11) is 2.25. The Morgan fingerprint density at radius 2 is 1.88 bits per heavy atom. The van der Waals surface area contributed by atoms with Crippen molar-refractivity contribution in [2.45, 2.75) is 31.8 Å². The Labute approximate surface area is 104 Å². The lowest BCUT2D eigenvalue weighted by molar-refractivity contribution is 0.225. The van der Waals surface area contributed by atoms with E-state index in [0.29, 0.717) is 6.04 Å². The zero-order valence-corrected chi connectivity index (χ0v) is 10.8. The van der Waals surface area contributed by atoms with Gasteiger partial charge in [-0.05, 0) is 42.9 Å². The van der Waals surface area contributed by atoms with Crippen LogP contribution < -0.4 is 5.73 Å². The molecule has 4 atom stereocenters. The highest BCUT2D eigenvalue weighted by Crippen LogP contribution is 2.43. The average Bonchev–Trinajstić information content (AvgIpc) is 2.89. The van der Waals surface area contributed by atoms with Crippen LogP contribution in [0.5, 0.6) is 0 Å². The van der Waals surface area contributed by atoms with Crippen molar-refractivity contribution < 1.29 is 0 Å². The monoisotopic (exact) mass is 230 g/mol. The van der Waals surface area contributed by atoms with Gasteiger partial charge in [0.25, 0.3) is 0 Å². The molecule has 0 spiro atoms. The van der Waals surface area contributed by atoms with E-state index in [1.54, 1.807) is 0 Å². The molecule has 17 heavy (non-hydrogen) atoms. The van der Waals surface area contributed by atoms with Crippen LogP contribution in [0.2, 0.25) is 0 Å². The second kappa shape index (κ2) is 4.11. The highest BCUT2D eigenvalue weighted by atomic mass is 15.1. The van der Waals surface area contributed by atoms with Crippen molar-refractivity contribution in [1.29, 1.82) is 0 Å². The van der Waals surface area contributed by atoms with Gasteiger partial charge in [0.05, 0.1) is 0 Å². The van der Waals surface area contributed by atoms with E-state index in [1.165, 1.54) is 24.1 Å². The van der Waals surface area contributed by atoms with Gasteiger partial charge in [-0.2, -0.15) is 0 Å². The second-order valence-electron chi connectivity index (χ2n) is 5.90. The molecule has 0 radical (unpaired) electrons. The van der Waals surface area contributed by atoms with E-state index >= 15 is 0 Å². The summed E-state index contributed by atoms with van der Waals surface area (Å²) < 4.78 is 0. The first-order valence-electron chi connectivity index (χ1n) is 6.71. The molecule has 1 fully saturated rings. The molecule has 0 aliphatic heterocycles. The summed E-state index contributed by atoms with van der Waals surface area (Å²) in [5, 5.41) is 0. The van der Waals surface area contributed by atoms with Crippen LogP contribution in [0.3, 0.4) is 0 Å². The van der Waals surface area contributed by atoms with E-state index < -0.39 is 0 Å². The van der Waals surface area contributed by atoms with Gasteiger partial charge in [0, 0.05) is 18.6 Å². The summed E-state index contributed by atoms with van der Waals surface area (Å²) >= 11 is 0. The fraction of sp³-hybridized carbons (Fsp3) is 0.600. The molecule has 0 heterocycles. The second-order valence-corrected chi connectivity index (χ2v) is 5.90. The normalized spacial score (nSPS) is 35.1. The molecule has 1 aromatic rings. The Kier molecular flexibility index (Phi) is 2.72. The minimum Gasteiger partial charge on any atom is -0.324 e. The number of nitrogens with zero attached hydrogens (tertiary/aromatic N) is 1. The molecule has 2 aliphatic rings. The van der Waals surface area contributed by atoms with E-state index in [0.717, 1.165) is 18.3 Å². The maximum atomic E-state index is 6.22. The molecule has 1 aromatic carbocycles. The smallest absolute Gasteiger partial charge is 0.0366 e. The first kappa shape index (κ1) is 11.2. The van der Waals surface area contributed by atoms with Gasteiger partial charge in [0.1, 0.15) is 0 Å². The first-order valence-corrected chi connectivity index (χ1v) is 6.71. The van der Waals surface area contributed by atoms with Crippen molar-refractivity contribution in [1.82, 2.24) is 4.90 Å². The standard InChI is InChI=1S/C15H22N2/c1-10-7-11(10)9-17(2)15-8-14(16)12-5-3-4-6-13(12)15/h3-6,10-11,14-15H,7-9,16H2,1-2H3. The van der Waals surface area contributed by atoms with Crippen molar-refractivity contribution in [2.75, 3.05) is 13.6 Å². The van der Waals surface area contributed by atoms with Crippen molar-refractivity contribution in [3.63, 3.8) is 0 Å². The van der Waals surface area contributed by atoms with Crippen LogP contribution in [0, 0.1) is 11.8 Å². The van der Waals surface area contributed by atoms with E-state index in [2.05, 4.69) is 43.1 Å². The van der Waals surface area contributed by atoms with E-state index in [4.69, 9.17) is 5.73 Å². The Morgan fingerprint density at radius 3 is 2.53 bits per heavy atom. The van der Waals surface area contributed by atoms with Gasteiger partial charge in [-0.1, -0.05) is 31.2 Å². The predicted octanol–water partition coefficient (Wildman–Crippen LogP) is 2.72. The summed E-state index contributed by atoms with van der Waals surface area (Å²) in [5.41, 5.74) is 9.03. The molecule has 2 nitrogen and oxygen atoms in total. The number of hydrogen-bond acceptors (Lipinski definition) is 2. The molecule has 2 heteroatoms. The van der Waals surface area contributed by atoms with Gasteiger partial charge in [0.15, 0.2) is 0 Å².